The summed E-state index contributed by atoms with van der Waals surface area (Å²) in [6.45, 7) is 3.91. The van der Waals surface area contributed by atoms with Gasteiger partial charge in [-0.25, -0.2) is 8.78 Å². The number of carbonyl (C=O) groups is 1. The Morgan fingerprint density at radius 2 is 1.97 bits per heavy atom. The average Bonchev–Trinajstić information content (AvgIpc) is 3.14. The smallest absolute Gasteiger partial charge is 0.246 e. The van der Waals surface area contributed by atoms with Crippen molar-refractivity contribution in [2.75, 3.05) is 51.7 Å². The molecule has 1 atom stereocenters. The Morgan fingerprint density at radius 3 is 2.50 bits per heavy atom. The maximum atomic E-state index is 14.3. The predicted octanol–water partition coefficient (Wildman–Crippen LogP) is 2.23. The van der Waals surface area contributed by atoms with E-state index >= 15 is 0 Å². The van der Waals surface area contributed by atoms with Gasteiger partial charge in [0.05, 0.1) is 24.5 Å². The molecule has 1 aromatic heterocycles. The van der Waals surface area contributed by atoms with Crippen molar-refractivity contribution in [2.24, 2.45) is 12.0 Å². The lowest BCUT2D eigenvalue weighted by molar-refractivity contribution is -0.120. The first-order chi connectivity index (χ1) is 14.8. The summed E-state index contributed by atoms with van der Waals surface area (Å²) in [5, 5.41) is 7.31. The van der Waals surface area contributed by atoms with Crippen molar-refractivity contribution in [1.82, 2.24) is 24.9 Å². The SMILES string of the molecule is CCNC(=NCC(c1c(F)cccc1F)N(C)C)N1CCN(c2cnn(C)c2)C(=O)C1.I. The second kappa shape index (κ2) is 11.5. The average molecular weight is 561 g/mol. The third-order valence-electron chi connectivity index (χ3n) is 5.23. The number of hydrogen-bond acceptors (Lipinski definition) is 4. The predicted molar refractivity (Wildman–Crippen MR) is 131 cm³/mol. The molecule has 1 amide bonds. The number of benzene rings is 1. The van der Waals surface area contributed by atoms with Crippen LogP contribution in [0.4, 0.5) is 14.5 Å². The van der Waals surface area contributed by atoms with Gasteiger partial charge in [0.25, 0.3) is 0 Å². The van der Waals surface area contributed by atoms with Crippen LogP contribution in [0.25, 0.3) is 0 Å². The van der Waals surface area contributed by atoms with Gasteiger partial charge >= 0.3 is 0 Å². The van der Waals surface area contributed by atoms with Crippen molar-refractivity contribution in [3.8, 4) is 0 Å². The minimum atomic E-state index is -0.598. The Bertz CT molecular complexity index is 930. The van der Waals surface area contributed by atoms with Crippen LogP contribution >= 0.6 is 24.0 Å². The number of aryl methyl sites for hydroxylation is 1. The summed E-state index contributed by atoms with van der Waals surface area (Å²) in [5.41, 5.74) is 0.751. The number of piperazine rings is 1. The first-order valence-electron chi connectivity index (χ1n) is 10.2. The summed E-state index contributed by atoms with van der Waals surface area (Å²) >= 11 is 0. The number of aliphatic imine (C=N–C) groups is 1. The summed E-state index contributed by atoms with van der Waals surface area (Å²) in [6.07, 6.45) is 3.47. The fraction of sp³-hybridized carbons (Fsp3) is 0.476. The third kappa shape index (κ3) is 5.94. The maximum absolute atomic E-state index is 14.3. The Balaban J connectivity index is 0.00000363. The largest absolute Gasteiger partial charge is 0.357 e. The molecule has 1 aliphatic heterocycles. The van der Waals surface area contributed by atoms with Gasteiger partial charge in [-0.3, -0.25) is 14.5 Å². The normalized spacial score (nSPS) is 15.7. The number of halogens is 3. The molecule has 0 radical (unpaired) electrons. The van der Waals surface area contributed by atoms with Crippen LogP contribution in [-0.4, -0.2) is 78.3 Å². The molecular weight excluding hydrogens is 531 g/mol. The Labute approximate surface area is 204 Å². The minimum Gasteiger partial charge on any atom is -0.357 e. The van der Waals surface area contributed by atoms with Gasteiger partial charge in [-0.2, -0.15) is 5.10 Å². The van der Waals surface area contributed by atoms with E-state index in [-0.39, 0.29) is 48.5 Å². The minimum absolute atomic E-state index is 0. The van der Waals surface area contributed by atoms with Crippen LogP contribution < -0.4 is 10.2 Å². The monoisotopic (exact) mass is 561 g/mol. The highest BCUT2D eigenvalue weighted by atomic mass is 127. The zero-order valence-electron chi connectivity index (χ0n) is 18.8. The molecule has 2 aromatic rings. The molecule has 1 aliphatic rings. The number of nitrogens with one attached hydrogen (secondary N) is 1. The molecule has 0 saturated carbocycles. The van der Waals surface area contributed by atoms with Crippen molar-refractivity contribution in [3.63, 3.8) is 0 Å². The number of carbonyl (C=O) groups excluding carboxylic acids is 1. The second-order valence-corrected chi connectivity index (χ2v) is 7.65. The van der Waals surface area contributed by atoms with Crippen LogP contribution in [-0.2, 0) is 11.8 Å². The van der Waals surface area contributed by atoms with Crippen molar-refractivity contribution >= 4 is 41.5 Å². The van der Waals surface area contributed by atoms with Crippen molar-refractivity contribution in [1.29, 1.82) is 0 Å². The van der Waals surface area contributed by atoms with Crippen LogP contribution in [0.2, 0.25) is 0 Å². The van der Waals surface area contributed by atoms with E-state index in [1.807, 2.05) is 11.8 Å². The van der Waals surface area contributed by atoms with E-state index in [1.54, 1.807) is 48.0 Å². The highest BCUT2D eigenvalue weighted by molar-refractivity contribution is 14.0. The standard InChI is InChI=1S/C21H29F2N7O.HI/c1-5-24-21(25-12-18(27(2)3)20-16(22)7-6-8-17(20)23)29-9-10-30(19(31)14-29)15-11-26-28(4)13-15;/h6-8,11,13,18H,5,9-10,12,14H2,1-4H3,(H,24,25);1H. The molecule has 11 heteroatoms. The lowest BCUT2D eigenvalue weighted by atomic mass is 10.0. The van der Waals surface area contributed by atoms with Crippen molar-refractivity contribution < 1.29 is 13.6 Å². The number of guanidine groups is 1. The molecule has 3 rings (SSSR count). The quantitative estimate of drug-likeness (QED) is 0.333. The number of anilines is 1. The van der Waals surface area contributed by atoms with Gasteiger partial charge in [0.1, 0.15) is 18.2 Å². The van der Waals surface area contributed by atoms with E-state index in [0.717, 1.165) is 5.69 Å². The van der Waals surface area contributed by atoms with E-state index in [2.05, 4.69) is 15.4 Å². The first kappa shape index (κ1) is 26.0. The molecule has 1 N–H and O–H groups in total. The zero-order chi connectivity index (χ0) is 22.5. The molecule has 1 saturated heterocycles. The summed E-state index contributed by atoms with van der Waals surface area (Å²) in [7, 11) is 5.32. The molecule has 1 unspecified atom stereocenters. The van der Waals surface area contributed by atoms with Crippen molar-refractivity contribution in [2.45, 2.75) is 13.0 Å². The summed E-state index contributed by atoms with van der Waals surface area (Å²) < 4.78 is 30.4. The molecule has 176 valence electrons. The number of hydrogen-bond donors (Lipinski definition) is 1. The fourth-order valence-electron chi connectivity index (χ4n) is 3.62. The van der Waals surface area contributed by atoms with E-state index in [4.69, 9.17) is 0 Å². The number of amides is 1. The molecule has 0 bridgehead atoms. The second-order valence-electron chi connectivity index (χ2n) is 7.65. The third-order valence-corrected chi connectivity index (χ3v) is 5.23. The first-order valence-corrected chi connectivity index (χ1v) is 10.2. The number of nitrogens with zero attached hydrogens (tertiary/aromatic N) is 6. The number of rotatable bonds is 6. The van der Waals surface area contributed by atoms with Crippen LogP contribution in [0.1, 0.15) is 18.5 Å². The van der Waals surface area contributed by atoms with Crippen LogP contribution in [0, 0.1) is 11.6 Å². The maximum Gasteiger partial charge on any atom is 0.246 e. The van der Waals surface area contributed by atoms with Gasteiger partial charge in [0.2, 0.25) is 5.91 Å². The Morgan fingerprint density at radius 1 is 1.28 bits per heavy atom. The number of likely N-dealkylation sites (N-methyl/N-ethyl adjacent to an activating group) is 1. The van der Waals surface area contributed by atoms with Crippen LogP contribution in [0.3, 0.4) is 0 Å². The van der Waals surface area contributed by atoms with E-state index in [9.17, 15) is 13.6 Å². The highest BCUT2D eigenvalue weighted by Gasteiger charge is 2.28. The van der Waals surface area contributed by atoms with Gasteiger partial charge in [-0.05, 0) is 33.2 Å². The summed E-state index contributed by atoms with van der Waals surface area (Å²) in [5.74, 6) is -0.710. The van der Waals surface area contributed by atoms with Crippen LogP contribution in [0.15, 0.2) is 35.6 Å². The molecule has 0 aliphatic carbocycles. The Kier molecular flexibility index (Phi) is 9.37. The highest BCUT2D eigenvalue weighted by Crippen LogP contribution is 2.25. The van der Waals surface area contributed by atoms with Gasteiger partial charge < -0.3 is 20.0 Å². The van der Waals surface area contributed by atoms with Gasteiger partial charge in [-0.15, -0.1) is 24.0 Å². The van der Waals surface area contributed by atoms with Crippen molar-refractivity contribution in [3.05, 3.63) is 47.8 Å². The number of aromatic nitrogens is 2. The van der Waals surface area contributed by atoms with Crippen LogP contribution in [0.5, 0.6) is 0 Å². The lowest BCUT2D eigenvalue weighted by Gasteiger charge is -2.35. The van der Waals surface area contributed by atoms with Gasteiger partial charge in [0.15, 0.2) is 5.96 Å². The van der Waals surface area contributed by atoms with Gasteiger partial charge in [-0.1, -0.05) is 6.07 Å². The molecular formula is C21H30F2IN7O. The summed E-state index contributed by atoms with van der Waals surface area (Å²) in [6, 6.07) is 3.27. The molecule has 2 heterocycles. The molecule has 1 aromatic carbocycles. The van der Waals surface area contributed by atoms with Gasteiger partial charge in [0, 0.05) is 38.4 Å². The molecule has 32 heavy (non-hydrogen) atoms. The van der Waals surface area contributed by atoms with E-state index in [1.165, 1.54) is 18.2 Å². The fourth-order valence-corrected chi connectivity index (χ4v) is 3.62. The molecule has 8 nitrogen and oxygen atoms in total. The zero-order valence-corrected chi connectivity index (χ0v) is 21.1. The Hall–Kier alpha value is -2.28. The summed E-state index contributed by atoms with van der Waals surface area (Å²) in [4.78, 5) is 22.7. The van der Waals surface area contributed by atoms with E-state index in [0.29, 0.717) is 25.6 Å². The lowest BCUT2D eigenvalue weighted by Crippen LogP contribution is -2.55. The molecule has 1 fully saturated rings. The topological polar surface area (TPSA) is 69.0 Å². The molecule has 0 spiro atoms. The van der Waals surface area contributed by atoms with E-state index < -0.39 is 17.7 Å².